The molecule has 4 heterocycles. The predicted molar refractivity (Wildman–Crippen MR) is 99.7 cm³/mol. The van der Waals surface area contributed by atoms with Crippen LogP contribution in [0.3, 0.4) is 0 Å². The number of hydrogen-bond acceptors (Lipinski definition) is 9. The van der Waals surface area contributed by atoms with Crippen LogP contribution in [0, 0.1) is 0 Å². The quantitative estimate of drug-likeness (QED) is 0.630. The van der Waals surface area contributed by atoms with Crippen molar-refractivity contribution in [2.75, 3.05) is 11.5 Å². The average Bonchev–Trinajstić information content (AvgIpc) is 3.26. The van der Waals surface area contributed by atoms with E-state index in [2.05, 4.69) is 10.1 Å². The molecule has 0 N–H and O–H groups in total. The first-order valence-corrected chi connectivity index (χ1v) is 11.3. The van der Waals surface area contributed by atoms with E-state index in [9.17, 15) is 22.8 Å². The number of sulfone groups is 1. The van der Waals surface area contributed by atoms with Crippen molar-refractivity contribution < 1.29 is 22.7 Å². The highest BCUT2D eigenvalue weighted by Gasteiger charge is 2.37. The topological polar surface area (TPSA) is 127 Å². The molecule has 0 aromatic carbocycles. The maximum Gasteiger partial charge on any atom is 0.354 e. The second kappa shape index (κ2) is 7.09. The molecule has 0 radical (unpaired) electrons. The third kappa shape index (κ3) is 3.69. The van der Waals surface area contributed by atoms with Crippen molar-refractivity contribution >= 4 is 43.7 Å². The molecule has 2 aliphatic heterocycles. The Balaban J connectivity index is 1.46. The number of hydrazone groups is 1. The molecule has 2 aromatic rings. The van der Waals surface area contributed by atoms with Gasteiger partial charge in [-0.25, -0.2) is 23.2 Å². The monoisotopic (exact) mass is 424 g/mol. The van der Waals surface area contributed by atoms with Crippen LogP contribution in [0.25, 0.3) is 4.96 Å². The van der Waals surface area contributed by atoms with Gasteiger partial charge in [-0.3, -0.25) is 14.0 Å². The van der Waals surface area contributed by atoms with Crippen LogP contribution in [0.1, 0.15) is 25.0 Å². The van der Waals surface area contributed by atoms with Gasteiger partial charge in [-0.1, -0.05) is 0 Å². The van der Waals surface area contributed by atoms with Crippen molar-refractivity contribution in [1.29, 1.82) is 0 Å². The second-order valence-electron chi connectivity index (χ2n) is 6.56. The molecule has 4 rings (SSSR count). The van der Waals surface area contributed by atoms with Crippen molar-refractivity contribution in [2.45, 2.75) is 31.9 Å². The summed E-state index contributed by atoms with van der Waals surface area (Å²) < 4.78 is 29.9. The van der Waals surface area contributed by atoms with E-state index < -0.39 is 21.8 Å². The molecule has 1 atom stereocenters. The molecular weight excluding hydrogens is 408 g/mol. The number of ether oxygens (including phenoxy) is 1. The molecule has 148 valence electrons. The van der Waals surface area contributed by atoms with Crippen LogP contribution >= 0.6 is 11.3 Å². The maximum absolute atomic E-state index is 12.3. The lowest BCUT2D eigenvalue weighted by atomic mass is 10.1. The Kier molecular flexibility index (Phi) is 4.75. The summed E-state index contributed by atoms with van der Waals surface area (Å²) in [7, 11) is -3.19. The number of rotatable bonds is 4. The Hall–Kier alpha value is -2.60. The van der Waals surface area contributed by atoms with Gasteiger partial charge in [0.2, 0.25) is 5.91 Å². The predicted octanol–water partition coefficient (Wildman–Crippen LogP) is -0.0353. The molecular formula is C16H16N4O6S2. The highest BCUT2D eigenvalue weighted by molar-refractivity contribution is 7.91. The number of thiazole rings is 1. The van der Waals surface area contributed by atoms with Gasteiger partial charge in [0.1, 0.15) is 12.3 Å². The van der Waals surface area contributed by atoms with E-state index in [-0.39, 0.29) is 48.1 Å². The Morgan fingerprint density at radius 1 is 1.32 bits per heavy atom. The van der Waals surface area contributed by atoms with Crippen LogP contribution in [0.5, 0.6) is 0 Å². The smallest absolute Gasteiger partial charge is 0.354 e. The van der Waals surface area contributed by atoms with Crippen LogP contribution in [-0.4, -0.2) is 57.9 Å². The number of esters is 1. The summed E-state index contributed by atoms with van der Waals surface area (Å²) in [5.74, 6) is -1.18. The highest BCUT2D eigenvalue weighted by Crippen LogP contribution is 2.22. The van der Waals surface area contributed by atoms with Crippen LogP contribution in [0.2, 0.25) is 0 Å². The van der Waals surface area contributed by atoms with Gasteiger partial charge >= 0.3 is 5.97 Å². The van der Waals surface area contributed by atoms with Crippen molar-refractivity contribution in [3.05, 3.63) is 33.7 Å². The summed E-state index contributed by atoms with van der Waals surface area (Å²) in [5.41, 5.74) is 0.0939. The van der Waals surface area contributed by atoms with Crippen LogP contribution in [0.4, 0.5) is 0 Å². The van der Waals surface area contributed by atoms with Gasteiger partial charge in [-0.15, -0.1) is 11.3 Å². The summed E-state index contributed by atoms with van der Waals surface area (Å²) in [4.78, 5) is 41.2. The third-order valence-corrected chi connectivity index (χ3v) is 7.06. The van der Waals surface area contributed by atoms with Crippen LogP contribution in [-0.2, 0) is 30.8 Å². The van der Waals surface area contributed by atoms with Gasteiger partial charge < -0.3 is 4.74 Å². The van der Waals surface area contributed by atoms with Crippen LogP contribution < -0.4 is 5.56 Å². The van der Waals surface area contributed by atoms with Crippen molar-refractivity contribution in [3.8, 4) is 0 Å². The lowest BCUT2D eigenvalue weighted by Gasteiger charge is -2.27. The molecule has 2 aliphatic rings. The second-order valence-corrected chi connectivity index (χ2v) is 9.66. The number of nitrogens with zero attached hydrogens (tertiary/aromatic N) is 4. The van der Waals surface area contributed by atoms with Gasteiger partial charge in [0.15, 0.2) is 14.8 Å². The van der Waals surface area contributed by atoms with E-state index in [0.717, 1.165) is 5.01 Å². The standard InChI is InChI=1S/C16H16N4O6S2/c21-13-2-1-12(18-20(13)11-3-6-28(24,25)9-11)15(23)26-8-10-7-14(22)19-4-5-27-16(19)17-10/h4-5,7,11H,1-3,6,8-9H2/t11-/m0/s1. The number of carbonyl (C=O) groups excluding carboxylic acids is 2. The number of aromatic nitrogens is 2. The molecule has 0 bridgehead atoms. The summed E-state index contributed by atoms with van der Waals surface area (Å²) in [6, 6.07) is 0.734. The molecule has 2 aromatic heterocycles. The van der Waals surface area contributed by atoms with E-state index in [1.165, 1.54) is 21.8 Å². The first-order chi connectivity index (χ1) is 13.3. The zero-order valence-corrected chi connectivity index (χ0v) is 16.2. The normalized spacial score (nSPS) is 21.7. The molecule has 1 amide bonds. The van der Waals surface area contributed by atoms with Gasteiger partial charge in [-0.2, -0.15) is 5.10 Å². The van der Waals surface area contributed by atoms with Crippen molar-refractivity contribution in [3.63, 3.8) is 0 Å². The molecule has 28 heavy (non-hydrogen) atoms. The summed E-state index contributed by atoms with van der Waals surface area (Å²) in [6.45, 7) is -0.201. The minimum atomic E-state index is -3.19. The first kappa shape index (κ1) is 18.7. The lowest BCUT2D eigenvalue weighted by Crippen LogP contribution is -2.42. The first-order valence-electron chi connectivity index (χ1n) is 8.55. The fraction of sp³-hybridized carbons (Fsp3) is 0.438. The van der Waals surface area contributed by atoms with E-state index in [0.29, 0.717) is 17.1 Å². The Morgan fingerprint density at radius 2 is 2.14 bits per heavy atom. The minimum absolute atomic E-state index is 0.00313. The Bertz CT molecular complexity index is 1150. The van der Waals surface area contributed by atoms with Gasteiger partial charge in [0.25, 0.3) is 5.56 Å². The largest absolute Gasteiger partial charge is 0.455 e. The number of carbonyl (C=O) groups is 2. The van der Waals surface area contributed by atoms with Gasteiger partial charge in [-0.05, 0) is 6.42 Å². The zero-order chi connectivity index (χ0) is 19.9. The minimum Gasteiger partial charge on any atom is -0.455 e. The molecule has 0 aliphatic carbocycles. The zero-order valence-electron chi connectivity index (χ0n) is 14.6. The lowest BCUT2D eigenvalue weighted by molar-refractivity contribution is -0.138. The van der Waals surface area contributed by atoms with E-state index >= 15 is 0 Å². The van der Waals surface area contributed by atoms with Gasteiger partial charge in [0.05, 0.1) is 23.2 Å². The highest BCUT2D eigenvalue weighted by atomic mass is 32.2. The molecule has 0 spiro atoms. The summed E-state index contributed by atoms with van der Waals surface area (Å²) in [5, 5.41) is 6.89. The number of amides is 1. The molecule has 0 unspecified atom stereocenters. The molecule has 12 heteroatoms. The maximum atomic E-state index is 12.3. The Labute approximate surface area is 163 Å². The fourth-order valence-electron chi connectivity index (χ4n) is 3.16. The Morgan fingerprint density at radius 3 is 2.89 bits per heavy atom. The van der Waals surface area contributed by atoms with E-state index in [4.69, 9.17) is 4.74 Å². The molecule has 1 saturated heterocycles. The van der Waals surface area contributed by atoms with Crippen LogP contribution in [0.15, 0.2) is 27.5 Å². The summed E-state index contributed by atoms with van der Waals surface area (Å²) in [6.07, 6.45) is 2.09. The summed E-state index contributed by atoms with van der Waals surface area (Å²) >= 11 is 1.29. The van der Waals surface area contributed by atoms with E-state index in [1.54, 1.807) is 11.6 Å². The van der Waals surface area contributed by atoms with Crippen molar-refractivity contribution in [2.24, 2.45) is 5.10 Å². The molecule has 10 nitrogen and oxygen atoms in total. The number of hydrogen-bond donors (Lipinski definition) is 0. The molecule has 0 saturated carbocycles. The fourth-order valence-corrected chi connectivity index (χ4v) is 5.59. The van der Waals surface area contributed by atoms with E-state index in [1.807, 2.05) is 0 Å². The third-order valence-electron chi connectivity index (χ3n) is 4.56. The molecule has 1 fully saturated rings. The number of fused-ring (bicyclic) bond motifs is 1. The van der Waals surface area contributed by atoms with Crippen molar-refractivity contribution in [1.82, 2.24) is 14.4 Å². The van der Waals surface area contributed by atoms with Gasteiger partial charge in [0, 0.05) is 30.5 Å². The SMILES string of the molecule is O=C(OCc1cc(=O)n2ccsc2n1)C1=NN([C@H]2CCS(=O)(=O)C2)C(=O)CC1. The average molecular weight is 424 g/mol.